The summed E-state index contributed by atoms with van der Waals surface area (Å²) in [4.78, 5) is 28.8. The van der Waals surface area contributed by atoms with Crippen molar-refractivity contribution in [1.82, 2.24) is 15.6 Å². The number of rotatable bonds is 5. The number of pyridine rings is 1. The average molecular weight is 327 g/mol. The molecule has 0 saturated heterocycles. The van der Waals surface area contributed by atoms with E-state index in [-0.39, 0.29) is 23.8 Å². The standard InChI is InChI=1S/C19H25N3O2/c23-17(21-11-13-2-1-3-20-10-13)12-22-18(24)19-7-14-4-15(8-19)6-16(5-14)9-19/h1-3,10,14-16H,4-9,11-12H2,(H,21,23)(H,22,24). The van der Waals surface area contributed by atoms with E-state index in [4.69, 9.17) is 0 Å². The van der Waals surface area contributed by atoms with Crippen molar-refractivity contribution in [3.8, 4) is 0 Å². The largest absolute Gasteiger partial charge is 0.350 e. The van der Waals surface area contributed by atoms with Crippen LogP contribution < -0.4 is 10.6 Å². The smallest absolute Gasteiger partial charge is 0.239 e. The second-order valence-corrected chi connectivity index (χ2v) is 8.02. The molecule has 4 fully saturated rings. The Kier molecular flexibility index (Phi) is 4.02. The summed E-state index contributed by atoms with van der Waals surface area (Å²) in [6.45, 7) is 0.515. The predicted octanol–water partition coefficient (Wildman–Crippen LogP) is 2.03. The molecule has 1 aromatic heterocycles. The van der Waals surface area contributed by atoms with Crippen molar-refractivity contribution < 1.29 is 9.59 Å². The third kappa shape index (κ3) is 3.04. The van der Waals surface area contributed by atoms with Gasteiger partial charge in [-0.15, -0.1) is 0 Å². The first-order chi connectivity index (χ1) is 11.6. The second-order valence-electron chi connectivity index (χ2n) is 8.02. The maximum atomic E-state index is 12.8. The van der Waals surface area contributed by atoms with Gasteiger partial charge in [-0.2, -0.15) is 0 Å². The van der Waals surface area contributed by atoms with Crippen LogP contribution in [0.1, 0.15) is 44.1 Å². The Balaban J connectivity index is 1.28. The molecule has 0 spiro atoms. The fourth-order valence-corrected chi connectivity index (χ4v) is 5.50. The van der Waals surface area contributed by atoms with Gasteiger partial charge in [0.2, 0.25) is 11.8 Å². The van der Waals surface area contributed by atoms with E-state index < -0.39 is 0 Å². The molecule has 0 aromatic carbocycles. The maximum absolute atomic E-state index is 12.8. The van der Waals surface area contributed by atoms with Crippen LogP contribution in [-0.2, 0) is 16.1 Å². The van der Waals surface area contributed by atoms with Crippen molar-refractivity contribution in [3.05, 3.63) is 30.1 Å². The van der Waals surface area contributed by atoms with Crippen LogP contribution in [0.2, 0.25) is 0 Å². The number of hydrogen-bond acceptors (Lipinski definition) is 3. The Bertz CT molecular complexity index is 593. The molecule has 4 aliphatic rings. The van der Waals surface area contributed by atoms with Crippen LogP contribution in [-0.4, -0.2) is 23.3 Å². The van der Waals surface area contributed by atoms with Crippen molar-refractivity contribution in [2.75, 3.05) is 6.54 Å². The fourth-order valence-electron chi connectivity index (χ4n) is 5.50. The van der Waals surface area contributed by atoms with E-state index in [2.05, 4.69) is 15.6 Å². The molecule has 24 heavy (non-hydrogen) atoms. The SMILES string of the molecule is O=C(CNC(=O)C12CC3CC(CC(C3)C1)C2)NCc1cccnc1. The first-order valence-corrected chi connectivity index (χ1v) is 9.07. The van der Waals surface area contributed by atoms with Gasteiger partial charge in [-0.3, -0.25) is 14.6 Å². The lowest BCUT2D eigenvalue weighted by atomic mass is 9.49. The van der Waals surface area contributed by atoms with Crippen LogP contribution >= 0.6 is 0 Å². The van der Waals surface area contributed by atoms with Crippen LogP contribution in [0.3, 0.4) is 0 Å². The Morgan fingerprint density at radius 3 is 2.33 bits per heavy atom. The molecule has 5 heteroatoms. The molecule has 4 bridgehead atoms. The monoisotopic (exact) mass is 327 g/mol. The van der Waals surface area contributed by atoms with E-state index in [1.165, 1.54) is 19.3 Å². The summed E-state index contributed by atoms with van der Waals surface area (Å²) in [6.07, 6.45) is 10.5. The fraction of sp³-hybridized carbons (Fsp3) is 0.632. The van der Waals surface area contributed by atoms with Crippen LogP contribution in [0.5, 0.6) is 0 Å². The van der Waals surface area contributed by atoms with E-state index in [9.17, 15) is 9.59 Å². The van der Waals surface area contributed by atoms with Crippen molar-refractivity contribution in [1.29, 1.82) is 0 Å². The highest BCUT2D eigenvalue weighted by Crippen LogP contribution is 2.60. The molecule has 4 saturated carbocycles. The number of aromatic nitrogens is 1. The Morgan fingerprint density at radius 2 is 1.75 bits per heavy atom. The van der Waals surface area contributed by atoms with Gasteiger partial charge in [0.1, 0.15) is 0 Å². The van der Waals surface area contributed by atoms with Gasteiger partial charge < -0.3 is 10.6 Å². The highest BCUT2D eigenvalue weighted by atomic mass is 16.2. The van der Waals surface area contributed by atoms with Crippen LogP contribution in [0.25, 0.3) is 0 Å². The van der Waals surface area contributed by atoms with Gasteiger partial charge in [0.05, 0.1) is 6.54 Å². The van der Waals surface area contributed by atoms with E-state index in [0.717, 1.165) is 42.6 Å². The molecule has 0 aliphatic heterocycles. The molecule has 1 aromatic rings. The first kappa shape index (κ1) is 15.6. The molecule has 4 aliphatic carbocycles. The number of carbonyl (C=O) groups is 2. The highest BCUT2D eigenvalue weighted by Gasteiger charge is 2.54. The van der Waals surface area contributed by atoms with Gasteiger partial charge in [0.25, 0.3) is 0 Å². The van der Waals surface area contributed by atoms with E-state index in [0.29, 0.717) is 6.54 Å². The second kappa shape index (κ2) is 6.19. The third-order valence-corrected chi connectivity index (χ3v) is 6.14. The van der Waals surface area contributed by atoms with Gasteiger partial charge in [0.15, 0.2) is 0 Å². The predicted molar refractivity (Wildman–Crippen MR) is 89.7 cm³/mol. The average Bonchev–Trinajstić information content (AvgIpc) is 2.57. The number of nitrogens with zero attached hydrogens (tertiary/aromatic N) is 1. The summed E-state index contributed by atoms with van der Waals surface area (Å²) >= 11 is 0. The maximum Gasteiger partial charge on any atom is 0.239 e. The summed E-state index contributed by atoms with van der Waals surface area (Å²) in [7, 11) is 0. The van der Waals surface area contributed by atoms with Gasteiger partial charge in [-0.25, -0.2) is 0 Å². The minimum Gasteiger partial charge on any atom is -0.350 e. The van der Waals surface area contributed by atoms with Crippen LogP contribution in [0, 0.1) is 23.2 Å². The molecular weight excluding hydrogens is 302 g/mol. The Labute approximate surface area is 142 Å². The number of nitrogens with one attached hydrogen (secondary N) is 2. The molecule has 128 valence electrons. The summed E-state index contributed by atoms with van der Waals surface area (Å²) < 4.78 is 0. The number of carbonyl (C=O) groups excluding carboxylic acids is 2. The highest BCUT2D eigenvalue weighted by molar-refractivity contribution is 5.88. The summed E-state index contributed by atoms with van der Waals surface area (Å²) in [5, 5.41) is 5.74. The van der Waals surface area contributed by atoms with Crippen LogP contribution in [0.4, 0.5) is 0 Å². The molecule has 2 N–H and O–H groups in total. The lowest BCUT2D eigenvalue weighted by Crippen LogP contribution is -2.54. The molecular formula is C19H25N3O2. The molecule has 5 nitrogen and oxygen atoms in total. The molecule has 2 amide bonds. The molecule has 5 rings (SSSR count). The summed E-state index contributed by atoms with van der Waals surface area (Å²) in [5.74, 6) is 2.18. The topological polar surface area (TPSA) is 71.1 Å². The van der Waals surface area contributed by atoms with Crippen molar-refractivity contribution in [2.45, 2.75) is 45.1 Å². The first-order valence-electron chi connectivity index (χ1n) is 9.07. The summed E-state index contributed by atoms with van der Waals surface area (Å²) in [6, 6.07) is 3.76. The zero-order chi connectivity index (χ0) is 16.6. The van der Waals surface area contributed by atoms with E-state index >= 15 is 0 Å². The zero-order valence-electron chi connectivity index (χ0n) is 14.0. The summed E-state index contributed by atoms with van der Waals surface area (Å²) in [5.41, 5.74) is 0.775. The van der Waals surface area contributed by atoms with Crippen molar-refractivity contribution >= 4 is 11.8 Å². The van der Waals surface area contributed by atoms with Gasteiger partial charge >= 0.3 is 0 Å². The van der Waals surface area contributed by atoms with Gasteiger partial charge in [-0.05, 0) is 67.9 Å². The van der Waals surface area contributed by atoms with Crippen LogP contribution in [0.15, 0.2) is 24.5 Å². The zero-order valence-corrected chi connectivity index (χ0v) is 14.0. The molecule has 0 atom stereocenters. The molecule has 0 unspecified atom stereocenters. The lowest BCUT2D eigenvalue weighted by molar-refractivity contribution is -0.147. The van der Waals surface area contributed by atoms with Gasteiger partial charge in [0, 0.05) is 24.4 Å². The Hall–Kier alpha value is -1.91. The third-order valence-electron chi connectivity index (χ3n) is 6.14. The van der Waals surface area contributed by atoms with Crippen molar-refractivity contribution in [2.24, 2.45) is 23.2 Å². The van der Waals surface area contributed by atoms with Crippen molar-refractivity contribution in [3.63, 3.8) is 0 Å². The Morgan fingerprint density at radius 1 is 1.08 bits per heavy atom. The quantitative estimate of drug-likeness (QED) is 0.869. The normalized spacial score (nSPS) is 33.2. The van der Waals surface area contributed by atoms with E-state index in [1.807, 2.05) is 12.1 Å². The minimum absolute atomic E-state index is 0.0703. The molecule has 1 heterocycles. The number of hydrogen-bond donors (Lipinski definition) is 2. The lowest BCUT2D eigenvalue weighted by Gasteiger charge is -2.55. The number of amides is 2. The minimum atomic E-state index is -0.182. The molecule has 0 radical (unpaired) electrons. The van der Waals surface area contributed by atoms with Gasteiger partial charge in [-0.1, -0.05) is 6.07 Å². The van der Waals surface area contributed by atoms with E-state index in [1.54, 1.807) is 12.4 Å².